The average molecular weight is 290 g/mol. The highest BCUT2D eigenvalue weighted by atomic mass is 16.4. The summed E-state index contributed by atoms with van der Waals surface area (Å²) in [6, 6.07) is 13.5. The number of ketones is 1. The molecule has 3 aromatic carbocycles. The smallest absolute Gasteiger partial charge is 0.340 e. The number of phenols is 1. The number of carbonyl (C=O) groups excluding carboxylic acids is 1. The Morgan fingerprint density at radius 1 is 0.909 bits per heavy atom. The fraction of sp³-hybridized carbons (Fsp3) is 0. The van der Waals surface area contributed by atoms with Crippen molar-refractivity contribution in [3.8, 4) is 16.9 Å². The average Bonchev–Trinajstić information content (AvgIpc) is 2.51. The quantitative estimate of drug-likeness (QED) is 0.563. The highest BCUT2D eigenvalue weighted by Crippen LogP contribution is 2.44. The van der Waals surface area contributed by atoms with Gasteiger partial charge in [-0.05, 0) is 17.0 Å². The van der Waals surface area contributed by atoms with Crippen molar-refractivity contribution in [3.05, 3.63) is 65.2 Å². The van der Waals surface area contributed by atoms with E-state index in [9.17, 15) is 19.8 Å². The second-order valence-electron chi connectivity index (χ2n) is 5.23. The van der Waals surface area contributed by atoms with Gasteiger partial charge in [0.25, 0.3) is 0 Å². The summed E-state index contributed by atoms with van der Waals surface area (Å²) in [5.74, 6) is -1.64. The zero-order chi connectivity index (χ0) is 15.4. The number of aromatic carboxylic acids is 1. The number of benzene rings is 3. The van der Waals surface area contributed by atoms with Crippen molar-refractivity contribution in [2.45, 2.75) is 0 Å². The lowest BCUT2D eigenvalue weighted by atomic mass is 9.80. The van der Waals surface area contributed by atoms with Crippen molar-refractivity contribution in [1.82, 2.24) is 0 Å². The number of carboxylic acids is 1. The number of carboxylic acid groups (broad SMARTS) is 1. The Kier molecular flexibility index (Phi) is 2.39. The Morgan fingerprint density at radius 3 is 2.32 bits per heavy atom. The van der Waals surface area contributed by atoms with Gasteiger partial charge in [-0.25, -0.2) is 4.79 Å². The Hall–Kier alpha value is -3.14. The first-order chi connectivity index (χ1) is 10.6. The Bertz CT molecular complexity index is 986. The standard InChI is InChI=1S/C18H10O4/c19-13-8-9-4-3-7-12-14(9)15(16(13)18(21)22)10-5-1-2-6-11(10)17(12)20/h1-8,19H,(H,21,22). The summed E-state index contributed by atoms with van der Waals surface area (Å²) in [4.78, 5) is 24.3. The van der Waals surface area contributed by atoms with Gasteiger partial charge in [0, 0.05) is 22.1 Å². The fourth-order valence-electron chi connectivity index (χ4n) is 3.16. The minimum absolute atomic E-state index is 0.129. The number of hydrogen-bond acceptors (Lipinski definition) is 3. The molecular formula is C18H10O4. The summed E-state index contributed by atoms with van der Waals surface area (Å²) >= 11 is 0. The van der Waals surface area contributed by atoms with Crippen LogP contribution >= 0.6 is 0 Å². The molecule has 4 nitrogen and oxygen atoms in total. The molecule has 0 heterocycles. The minimum Gasteiger partial charge on any atom is -0.507 e. The molecule has 22 heavy (non-hydrogen) atoms. The van der Waals surface area contributed by atoms with E-state index in [1.807, 2.05) is 0 Å². The predicted molar refractivity (Wildman–Crippen MR) is 81.4 cm³/mol. The van der Waals surface area contributed by atoms with E-state index in [0.717, 1.165) is 0 Å². The van der Waals surface area contributed by atoms with E-state index < -0.39 is 5.97 Å². The van der Waals surface area contributed by atoms with Gasteiger partial charge in [-0.1, -0.05) is 42.5 Å². The molecule has 0 saturated heterocycles. The van der Waals surface area contributed by atoms with Gasteiger partial charge in [0.1, 0.15) is 11.3 Å². The van der Waals surface area contributed by atoms with Crippen LogP contribution in [0.5, 0.6) is 5.75 Å². The normalized spacial score (nSPS) is 12.3. The van der Waals surface area contributed by atoms with Crippen LogP contribution in [0.4, 0.5) is 0 Å². The number of carbonyl (C=O) groups is 2. The van der Waals surface area contributed by atoms with Gasteiger partial charge < -0.3 is 10.2 Å². The maximum atomic E-state index is 12.7. The zero-order valence-electron chi connectivity index (χ0n) is 11.3. The highest BCUT2D eigenvalue weighted by molar-refractivity contribution is 6.28. The monoisotopic (exact) mass is 290 g/mol. The summed E-state index contributed by atoms with van der Waals surface area (Å²) in [6.45, 7) is 0. The molecule has 0 aliphatic heterocycles. The fourth-order valence-corrected chi connectivity index (χ4v) is 3.16. The van der Waals surface area contributed by atoms with Crippen molar-refractivity contribution in [2.24, 2.45) is 0 Å². The molecule has 4 rings (SSSR count). The van der Waals surface area contributed by atoms with E-state index in [-0.39, 0.29) is 17.1 Å². The molecule has 0 amide bonds. The van der Waals surface area contributed by atoms with Gasteiger partial charge in [0.05, 0.1) is 0 Å². The third-order valence-corrected chi connectivity index (χ3v) is 4.04. The third-order valence-electron chi connectivity index (χ3n) is 4.04. The van der Waals surface area contributed by atoms with Gasteiger partial charge in [-0.15, -0.1) is 0 Å². The minimum atomic E-state index is -1.21. The third kappa shape index (κ3) is 1.46. The summed E-state index contributed by atoms with van der Waals surface area (Å²) in [7, 11) is 0. The molecule has 0 aromatic heterocycles. The first-order valence-electron chi connectivity index (χ1n) is 6.75. The Morgan fingerprint density at radius 2 is 1.59 bits per heavy atom. The molecule has 0 saturated carbocycles. The lowest BCUT2D eigenvalue weighted by Crippen LogP contribution is -2.13. The van der Waals surface area contributed by atoms with Crippen molar-refractivity contribution in [3.63, 3.8) is 0 Å². The molecule has 0 bridgehead atoms. The molecule has 2 N–H and O–H groups in total. The topological polar surface area (TPSA) is 74.6 Å². The molecule has 1 aliphatic carbocycles. The molecule has 0 unspecified atom stereocenters. The van der Waals surface area contributed by atoms with E-state index in [1.165, 1.54) is 6.07 Å². The van der Waals surface area contributed by atoms with Gasteiger partial charge in [-0.3, -0.25) is 4.79 Å². The molecule has 0 atom stereocenters. The Labute approximate surface area is 125 Å². The summed E-state index contributed by atoms with van der Waals surface area (Å²) in [6.07, 6.45) is 0. The summed E-state index contributed by atoms with van der Waals surface area (Å²) in [5, 5.41) is 20.9. The summed E-state index contributed by atoms with van der Waals surface area (Å²) < 4.78 is 0. The molecule has 106 valence electrons. The second kappa shape index (κ2) is 4.18. The number of rotatable bonds is 1. The second-order valence-corrected chi connectivity index (χ2v) is 5.23. The van der Waals surface area contributed by atoms with Crippen LogP contribution in [0, 0.1) is 0 Å². The number of hydrogen-bond donors (Lipinski definition) is 2. The Balaban J connectivity index is 2.33. The van der Waals surface area contributed by atoms with Crippen LogP contribution in [0.25, 0.3) is 21.9 Å². The van der Waals surface area contributed by atoms with Crippen LogP contribution < -0.4 is 0 Å². The molecule has 0 fully saturated rings. The zero-order valence-corrected chi connectivity index (χ0v) is 11.3. The largest absolute Gasteiger partial charge is 0.507 e. The first kappa shape index (κ1) is 12.6. The van der Waals surface area contributed by atoms with Crippen LogP contribution in [-0.4, -0.2) is 22.0 Å². The number of aromatic hydroxyl groups is 1. The van der Waals surface area contributed by atoms with Gasteiger partial charge in [0.2, 0.25) is 0 Å². The van der Waals surface area contributed by atoms with E-state index >= 15 is 0 Å². The van der Waals surface area contributed by atoms with Crippen LogP contribution in [0.1, 0.15) is 26.3 Å². The van der Waals surface area contributed by atoms with Crippen molar-refractivity contribution >= 4 is 22.5 Å². The van der Waals surface area contributed by atoms with Crippen molar-refractivity contribution in [1.29, 1.82) is 0 Å². The van der Waals surface area contributed by atoms with Crippen LogP contribution in [0.3, 0.4) is 0 Å². The van der Waals surface area contributed by atoms with Crippen molar-refractivity contribution < 1.29 is 19.8 Å². The molecule has 0 spiro atoms. The lowest BCUT2D eigenvalue weighted by Gasteiger charge is -2.22. The first-order valence-corrected chi connectivity index (χ1v) is 6.75. The van der Waals surface area contributed by atoms with Gasteiger partial charge in [0.15, 0.2) is 5.78 Å². The maximum Gasteiger partial charge on any atom is 0.340 e. The molecule has 1 aliphatic rings. The summed E-state index contributed by atoms with van der Waals surface area (Å²) in [5.41, 5.74) is 1.71. The molecule has 0 radical (unpaired) electrons. The number of fused-ring (bicyclic) bond motifs is 2. The van der Waals surface area contributed by atoms with Crippen LogP contribution in [0.15, 0.2) is 48.5 Å². The maximum absolute atomic E-state index is 12.7. The van der Waals surface area contributed by atoms with Crippen molar-refractivity contribution in [2.75, 3.05) is 0 Å². The van der Waals surface area contributed by atoms with E-state index in [0.29, 0.717) is 33.0 Å². The van der Waals surface area contributed by atoms with E-state index in [2.05, 4.69) is 0 Å². The van der Waals surface area contributed by atoms with E-state index in [1.54, 1.807) is 42.5 Å². The molecule has 3 aromatic rings. The van der Waals surface area contributed by atoms with E-state index in [4.69, 9.17) is 0 Å². The predicted octanol–water partition coefficient (Wildman–Crippen LogP) is 3.46. The SMILES string of the molecule is O=C(O)c1c(O)cc2cccc3c2c1-c1ccccc1C3=O. The molecular weight excluding hydrogens is 280 g/mol. The van der Waals surface area contributed by atoms with Gasteiger partial charge >= 0.3 is 5.97 Å². The highest BCUT2D eigenvalue weighted by Gasteiger charge is 2.30. The lowest BCUT2D eigenvalue weighted by molar-refractivity contribution is 0.0694. The molecule has 4 heteroatoms. The van der Waals surface area contributed by atoms with Crippen LogP contribution in [0.2, 0.25) is 0 Å². The van der Waals surface area contributed by atoms with Crippen LogP contribution in [-0.2, 0) is 0 Å². The van der Waals surface area contributed by atoms with Gasteiger partial charge in [-0.2, -0.15) is 0 Å².